The van der Waals surface area contributed by atoms with Gasteiger partial charge in [0.25, 0.3) is 0 Å². The quantitative estimate of drug-likeness (QED) is 0.257. The van der Waals surface area contributed by atoms with Gasteiger partial charge in [-0.15, -0.1) is 0 Å². The normalized spacial score (nSPS) is 9.86. The second-order valence-corrected chi connectivity index (χ2v) is 8.63. The first-order valence-electron chi connectivity index (χ1n) is 12.9. The number of para-hydroxylation sites is 1. The number of ether oxygens (including phenoxy) is 1. The summed E-state index contributed by atoms with van der Waals surface area (Å²) >= 11 is 0. The molecule has 4 aromatic rings. The van der Waals surface area contributed by atoms with Gasteiger partial charge < -0.3 is 10.1 Å². The summed E-state index contributed by atoms with van der Waals surface area (Å²) in [6, 6.07) is 19.2. The van der Waals surface area contributed by atoms with Crippen molar-refractivity contribution >= 4 is 22.7 Å². The highest BCUT2D eigenvalue weighted by Gasteiger charge is 2.17. The highest BCUT2D eigenvalue weighted by Crippen LogP contribution is 2.31. The standard InChI is InChI=1S/C23H18N4O2.2C4H10/c1-15-21(16(2)28)14-27-23(15)22(17(12-24)13-25-27)26-18-8-10-20(11-9-18)29-19-6-4-3-5-7-19;2*1-3-4-2/h3-11,13-14,26H,1-2H3;2*3-4H2,1-2H3. The number of unbranched alkanes of at least 4 members (excludes halogenated alkanes) is 2. The SMILES string of the molecule is CC(=O)c1cn2ncc(C#N)c(Nc3ccc(Oc4ccccc4)cc3)c2c1C.CCCC.CCCC. The number of Topliss-reactive ketones (excluding diaryl/α,β-unsaturated/α-hetero) is 1. The van der Waals surface area contributed by atoms with Crippen molar-refractivity contribution in [2.45, 2.75) is 67.2 Å². The van der Waals surface area contributed by atoms with Gasteiger partial charge in [-0.05, 0) is 55.8 Å². The highest BCUT2D eigenvalue weighted by atomic mass is 16.5. The van der Waals surface area contributed by atoms with Crippen LogP contribution in [-0.2, 0) is 0 Å². The number of anilines is 2. The molecule has 0 spiro atoms. The van der Waals surface area contributed by atoms with E-state index in [-0.39, 0.29) is 5.78 Å². The third-order valence-corrected chi connectivity index (χ3v) is 5.66. The summed E-state index contributed by atoms with van der Waals surface area (Å²) in [5, 5.41) is 17.1. The first-order valence-corrected chi connectivity index (χ1v) is 12.9. The van der Waals surface area contributed by atoms with Crippen LogP contribution in [0.25, 0.3) is 5.52 Å². The molecule has 6 heteroatoms. The fourth-order valence-corrected chi connectivity index (χ4v) is 3.23. The Kier molecular flexibility index (Phi) is 11.9. The van der Waals surface area contributed by atoms with Crippen LogP contribution in [-0.4, -0.2) is 15.4 Å². The van der Waals surface area contributed by atoms with Crippen molar-refractivity contribution in [1.82, 2.24) is 9.61 Å². The van der Waals surface area contributed by atoms with E-state index in [1.54, 1.807) is 10.7 Å². The van der Waals surface area contributed by atoms with Gasteiger partial charge in [0, 0.05) is 17.4 Å². The number of fused-ring (bicyclic) bond motifs is 1. The van der Waals surface area contributed by atoms with Crippen LogP contribution in [0.2, 0.25) is 0 Å². The van der Waals surface area contributed by atoms with E-state index < -0.39 is 0 Å². The predicted octanol–water partition coefficient (Wildman–Crippen LogP) is 8.87. The Hall–Kier alpha value is -4.11. The van der Waals surface area contributed by atoms with Crippen molar-refractivity contribution in [1.29, 1.82) is 5.26 Å². The zero-order chi connectivity index (χ0) is 27.2. The number of aromatic nitrogens is 2. The zero-order valence-corrected chi connectivity index (χ0v) is 22.8. The first-order chi connectivity index (χ1) is 17.9. The molecule has 0 saturated heterocycles. The van der Waals surface area contributed by atoms with Crippen molar-refractivity contribution in [3.05, 3.63) is 83.7 Å². The lowest BCUT2D eigenvalue weighted by molar-refractivity contribution is 0.101. The lowest BCUT2D eigenvalue weighted by Gasteiger charge is -2.12. The van der Waals surface area contributed by atoms with Crippen molar-refractivity contribution in [3.8, 4) is 17.6 Å². The van der Waals surface area contributed by atoms with Crippen molar-refractivity contribution in [3.63, 3.8) is 0 Å². The average Bonchev–Trinajstić information content (AvgIpc) is 3.27. The Bertz CT molecular complexity index is 1300. The maximum atomic E-state index is 11.9. The van der Waals surface area contributed by atoms with Crippen LogP contribution in [0.4, 0.5) is 11.4 Å². The zero-order valence-electron chi connectivity index (χ0n) is 22.8. The molecule has 0 radical (unpaired) electrons. The van der Waals surface area contributed by atoms with E-state index in [1.165, 1.54) is 38.8 Å². The summed E-state index contributed by atoms with van der Waals surface area (Å²) in [6.07, 6.45) is 8.46. The largest absolute Gasteiger partial charge is 0.457 e. The Morgan fingerprint density at radius 1 is 0.946 bits per heavy atom. The number of nitriles is 1. The van der Waals surface area contributed by atoms with Crippen molar-refractivity contribution in [2.75, 3.05) is 5.32 Å². The number of ketones is 1. The Balaban J connectivity index is 0.000000530. The van der Waals surface area contributed by atoms with E-state index in [1.807, 2.05) is 61.5 Å². The Morgan fingerprint density at radius 2 is 1.51 bits per heavy atom. The molecule has 4 rings (SSSR count). The average molecular weight is 499 g/mol. The second kappa shape index (κ2) is 15.1. The molecule has 2 aromatic carbocycles. The summed E-state index contributed by atoms with van der Waals surface area (Å²) < 4.78 is 7.44. The fraction of sp³-hybridized carbons (Fsp3) is 0.323. The third kappa shape index (κ3) is 8.22. The minimum atomic E-state index is -0.0418. The molecule has 37 heavy (non-hydrogen) atoms. The molecule has 0 atom stereocenters. The third-order valence-electron chi connectivity index (χ3n) is 5.66. The van der Waals surface area contributed by atoms with Crippen LogP contribution in [0.5, 0.6) is 11.5 Å². The van der Waals surface area contributed by atoms with E-state index in [4.69, 9.17) is 4.74 Å². The molecule has 0 saturated carbocycles. The lowest BCUT2D eigenvalue weighted by atomic mass is 10.1. The molecule has 2 heterocycles. The number of nitrogens with one attached hydrogen (secondary N) is 1. The van der Waals surface area contributed by atoms with Gasteiger partial charge in [0.2, 0.25) is 0 Å². The van der Waals surface area contributed by atoms with Gasteiger partial charge in [-0.25, -0.2) is 4.52 Å². The molecule has 0 amide bonds. The molecular formula is C31H38N4O2. The molecule has 2 aromatic heterocycles. The summed E-state index contributed by atoms with van der Waals surface area (Å²) in [5.41, 5.74) is 3.89. The molecule has 0 aliphatic carbocycles. The van der Waals surface area contributed by atoms with Gasteiger partial charge in [-0.1, -0.05) is 71.6 Å². The van der Waals surface area contributed by atoms with Crippen molar-refractivity contribution in [2.24, 2.45) is 0 Å². The highest BCUT2D eigenvalue weighted by molar-refractivity contribution is 6.00. The van der Waals surface area contributed by atoms with Gasteiger partial charge >= 0.3 is 0 Å². The fourth-order valence-electron chi connectivity index (χ4n) is 3.23. The van der Waals surface area contributed by atoms with Crippen LogP contribution in [0.1, 0.15) is 81.8 Å². The number of benzene rings is 2. The summed E-state index contributed by atoms with van der Waals surface area (Å²) in [4.78, 5) is 11.9. The molecule has 0 aliphatic rings. The summed E-state index contributed by atoms with van der Waals surface area (Å²) in [6.45, 7) is 12.1. The van der Waals surface area contributed by atoms with Crippen LogP contribution < -0.4 is 10.1 Å². The number of carbonyl (C=O) groups excluding carboxylic acids is 1. The lowest BCUT2D eigenvalue weighted by Crippen LogP contribution is -2.00. The minimum Gasteiger partial charge on any atom is -0.457 e. The smallest absolute Gasteiger partial charge is 0.161 e. The minimum absolute atomic E-state index is 0.0418. The van der Waals surface area contributed by atoms with Gasteiger partial charge in [0.05, 0.1) is 23.0 Å². The number of aryl methyl sites for hydroxylation is 1. The maximum absolute atomic E-state index is 11.9. The van der Waals surface area contributed by atoms with E-state index in [0.29, 0.717) is 28.1 Å². The van der Waals surface area contributed by atoms with E-state index in [9.17, 15) is 10.1 Å². The van der Waals surface area contributed by atoms with E-state index in [2.05, 4.69) is 44.2 Å². The number of carbonyl (C=O) groups is 1. The summed E-state index contributed by atoms with van der Waals surface area (Å²) in [7, 11) is 0. The van der Waals surface area contributed by atoms with Crippen LogP contribution in [0, 0.1) is 18.3 Å². The topological polar surface area (TPSA) is 79.4 Å². The molecule has 1 N–H and O–H groups in total. The van der Waals surface area contributed by atoms with Gasteiger partial charge in [0.15, 0.2) is 5.78 Å². The molecule has 6 nitrogen and oxygen atoms in total. The summed E-state index contributed by atoms with van der Waals surface area (Å²) in [5.74, 6) is 1.43. The van der Waals surface area contributed by atoms with Gasteiger partial charge in [0.1, 0.15) is 17.6 Å². The van der Waals surface area contributed by atoms with Gasteiger partial charge in [-0.2, -0.15) is 10.4 Å². The molecular weight excluding hydrogens is 460 g/mol. The van der Waals surface area contributed by atoms with Gasteiger partial charge in [-0.3, -0.25) is 4.79 Å². The van der Waals surface area contributed by atoms with Crippen LogP contribution >= 0.6 is 0 Å². The van der Waals surface area contributed by atoms with Crippen molar-refractivity contribution < 1.29 is 9.53 Å². The Labute approximate surface area is 220 Å². The number of hydrogen-bond acceptors (Lipinski definition) is 5. The molecule has 0 unspecified atom stereocenters. The second-order valence-electron chi connectivity index (χ2n) is 8.63. The number of nitrogens with zero attached hydrogens (tertiary/aromatic N) is 3. The van der Waals surface area contributed by atoms with E-state index in [0.717, 1.165) is 17.0 Å². The predicted molar refractivity (Wildman–Crippen MR) is 152 cm³/mol. The van der Waals surface area contributed by atoms with Crippen LogP contribution in [0.3, 0.4) is 0 Å². The molecule has 194 valence electrons. The number of hydrogen-bond donors (Lipinski definition) is 1. The maximum Gasteiger partial charge on any atom is 0.161 e. The molecule has 0 aliphatic heterocycles. The van der Waals surface area contributed by atoms with E-state index >= 15 is 0 Å². The monoisotopic (exact) mass is 498 g/mol. The molecule has 0 fully saturated rings. The van der Waals surface area contributed by atoms with Crippen LogP contribution in [0.15, 0.2) is 67.0 Å². The first kappa shape index (κ1) is 29.1. The Morgan fingerprint density at radius 3 is 2.03 bits per heavy atom. The molecule has 0 bridgehead atoms. The number of rotatable bonds is 7.